The summed E-state index contributed by atoms with van der Waals surface area (Å²) in [7, 11) is -3.48. The van der Waals surface area contributed by atoms with Gasteiger partial charge in [0.1, 0.15) is 23.0 Å². The average molecular weight is 746 g/mol. The molecule has 5 aromatic rings. The number of pyridine rings is 1. The summed E-state index contributed by atoms with van der Waals surface area (Å²) in [5.41, 5.74) is 6.12. The highest BCUT2D eigenvalue weighted by molar-refractivity contribution is 7.92. The molecule has 5 rings (SSSR count). The van der Waals surface area contributed by atoms with Gasteiger partial charge in [-0.1, -0.05) is 55.5 Å². The molecule has 1 heterocycles. The van der Waals surface area contributed by atoms with Crippen molar-refractivity contribution in [1.29, 1.82) is 0 Å². The van der Waals surface area contributed by atoms with Gasteiger partial charge >= 0.3 is 0 Å². The monoisotopic (exact) mass is 745 g/mol. The zero-order chi connectivity index (χ0) is 38.5. The smallest absolute Gasteiger partial charge is 0.231 e. The highest BCUT2D eigenvalue weighted by Gasteiger charge is 2.17. The average Bonchev–Trinajstić information content (AvgIpc) is 3.14. The largest absolute Gasteiger partial charge is 0.491 e. The number of ketones is 1. The molecule has 1 aromatic heterocycles. The normalized spacial score (nSPS) is 10.9. The Balaban J connectivity index is 1.34. The summed E-state index contributed by atoms with van der Waals surface area (Å²) in [6.45, 7) is 12.4. The Morgan fingerprint density at radius 3 is 2.22 bits per heavy atom. The van der Waals surface area contributed by atoms with Gasteiger partial charge in [0.05, 0.1) is 37.2 Å². The molecule has 12 heteroatoms. The Hall–Kier alpha value is -6.19. The molecule has 0 radical (unpaired) electrons. The van der Waals surface area contributed by atoms with E-state index in [0.717, 1.165) is 34.2 Å². The highest BCUT2D eigenvalue weighted by atomic mass is 32.2. The fourth-order valence-electron chi connectivity index (χ4n) is 5.77. The van der Waals surface area contributed by atoms with Gasteiger partial charge in [0.2, 0.25) is 15.9 Å². The second kappa shape index (κ2) is 18.5. The van der Waals surface area contributed by atoms with E-state index < -0.39 is 15.9 Å². The molecule has 0 spiro atoms. The van der Waals surface area contributed by atoms with E-state index in [1.807, 2.05) is 74.5 Å². The lowest BCUT2D eigenvalue weighted by atomic mass is 10.1. The summed E-state index contributed by atoms with van der Waals surface area (Å²) in [5.74, 6) is 0.960. The lowest BCUT2D eigenvalue weighted by molar-refractivity contribution is -0.125. The second-order valence-corrected chi connectivity index (χ2v) is 14.6. The lowest BCUT2D eigenvalue weighted by Crippen LogP contribution is -2.23. The minimum Gasteiger partial charge on any atom is -0.491 e. The SMILES string of the molecule is [C-]#[N+]c1ccc(CN(Cc2ccc(Oc3ccc(NC(=O)CC(=O)CCC)c(OCCc4cccnc4)c3)cc2)c2cccc(NS(C)(=O)=O)c2C)cc1. The van der Waals surface area contributed by atoms with Crippen LogP contribution < -0.4 is 24.4 Å². The Labute approximate surface area is 316 Å². The number of anilines is 3. The van der Waals surface area contributed by atoms with Crippen molar-refractivity contribution in [1.82, 2.24) is 4.98 Å². The number of Topliss-reactive ketones (excluding diaryl/α,β-unsaturated/α-hetero) is 1. The van der Waals surface area contributed by atoms with Gasteiger partial charge < -0.3 is 19.7 Å². The van der Waals surface area contributed by atoms with E-state index in [9.17, 15) is 18.0 Å². The number of nitrogens with zero attached hydrogens (tertiary/aromatic N) is 3. The first kappa shape index (κ1) is 39.0. The van der Waals surface area contributed by atoms with Crippen molar-refractivity contribution in [2.75, 3.05) is 27.8 Å². The van der Waals surface area contributed by atoms with Crippen molar-refractivity contribution in [3.63, 3.8) is 0 Å². The van der Waals surface area contributed by atoms with Crippen LogP contribution in [0.1, 0.15) is 48.4 Å². The third-order valence-electron chi connectivity index (χ3n) is 8.40. The summed E-state index contributed by atoms with van der Waals surface area (Å²) in [6.07, 6.45) is 6.03. The van der Waals surface area contributed by atoms with Crippen molar-refractivity contribution >= 4 is 44.5 Å². The van der Waals surface area contributed by atoms with Crippen LogP contribution in [-0.4, -0.2) is 38.0 Å². The van der Waals surface area contributed by atoms with Gasteiger partial charge in [-0.25, -0.2) is 13.3 Å². The number of ether oxygens (including phenoxy) is 2. The summed E-state index contributed by atoms with van der Waals surface area (Å²) in [4.78, 5) is 34.6. The molecule has 11 nitrogen and oxygen atoms in total. The highest BCUT2D eigenvalue weighted by Crippen LogP contribution is 2.34. The third kappa shape index (κ3) is 11.7. The Kier molecular flexibility index (Phi) is 13.4. The second-order valence-electron chi connectivity index (χ2n) is 12.8. The zero-order valence-electron chi connectivity index (χ0n) is 30.5. The van der Waals surface area contributed by atoms with E-state index in [4.69, 9.17) is 16.0 Å². The van der Waals surface area contributed by atoms with Gasteiger partial charge in [-0.05, 0) is 78.1 Å². The Morgan fingerprint density at radius 2 is 1.57 bits per heavy atom. The number of carbonyl (C=O) groups excluding carboxylic acids is 2. The molecule has 0 unspecified atom stereocenters. The standard InChI is InChI=1S/C42H43N5O6S/c1-5-8-35(48)25-42(49)45-39-21-20-37(26-41(39)52-24-22-31-9-7-23-44-27-31)53-36-18-14-33(15-19-36)29-47(28-32-12-16-34(43-3)17-13-32)40-11-6-10-38(30(40)2)46-54(4,50)51/h6-7,9-21,23,26-27,46H,5,8,22,24-25,28-29H2,1-2,4H3,(H,45,49). The lowest BCUT2D eigenvalue weighted by Gasteiger charge is -2.28. The summed E-state index contributed by atoms with van der Waals surface area (Å²) in [5, 5.41) is 2.82. The van der Waals surface area contributed by atoms with E-state index in [2.05, 4.69) is 24.8 Å². The number of hydrogen-bond acceptors (Lipinski definition) is 8. The molecule has 0 aliphatic carbocycles. The predicted octanol–water partition coefficient (Wildman–Crippen LogP) is 8.63. The minimum atomic E-state index is -3.48. The first-order chi connectivity index (χ1) is 26.0. The molecule has 0 atom stereocenters. The molecule has 2 N–H and O–H groups in total. The van der Waals surface area contributed by atoms with E-state index in [1.165, 1.54) is 0 Å². The quantitative estimate of drug-likeness (QED) is 0.0674. The molecule has 0 saturated heterocycles. The molecule has 0 bridgehead atoms. The summed E-state index contributed by atoms with van der Waals surface area (Å²) >= 11 is 0. The first-order valence-corrected chi connectivity index (χ1v) is 19.4. The van der Waals surface area contributed by atoms with Crippen LogP contribution >= 0.6 is 0 Å². The van der Waals surface area contributed by atoms with Gasteiger partial charge in [-0.3, -0.25) is 19.3 Å². The minimum absolute atomic E-state index is 0.122. The number of hydrogen-bond donors (Lipinski definition) is 2. The number of aromatic nitrogens is 1. The van der Waals surface area contributed by atoms with Crippen LogP contribution in [0.5, 0.6) is 17.2 Å². The number of carbonyl (C=O) groups is 2. The van der Waals surface area contributed by atoms with Crippen LogP contribution in [0.15, 0.2) is 109 Å². The van der Waals surface area contributed by atoms with E-state index in [-0.39, 0.29) is 12.2 Å². The first-order valence-electron chi connectivity index (χ1n) is 17.5. The van der Waals surface area contributed by atoms with E-state index >= 15 is 0 Å². The van der Waals surface area contributed by atoms with Crippen LogP contribution in [0.2, 0.25) is 0 Å². The molecule has 0 fully saturated rings. The number of sulfonamides is 1. The molecular weight excluding hydrogens is 703 g/mol. The van der Waals surface area contributed by atoms with Crippen LogP contribution in [0, 0.1) is 13.5 Å². The zero-order valence-corrected chi connectivity index (χ0v) is 31.4. The van der Waals surface area contributed by atoms with Gasteiger partial charge in [-0.2, -0.15) is 0 Å². The van der Waals surface area contributed by atoms with Crippen molar-refractivity contribution in [2.45, 2.75) is 52.6 Å². The van der Waals surface area contributed by atoms with Crippen LogP contribution in [0.4, 0.5) is 22.7 Å². The van der Waals surface area contributed by atoms with Gasteiger partial charge in [-0.15, -0.1) is 0 Å². The molecule has 0 saturated carbocycles. The Morgan fingerprint density at radius 1 is 0.870 bits per heavy atom. The molecule has 0 aliphatic rings. The Bertz CT molecular complexity index is 2200. The maximum Gasteiger partial charge on any atom is 0.231 e. The van der Waals surface area contributed by atoms with Crippen LogP contribution in [-0.2, 0) is 39.1 Å². The molecule has 0 aliphatic heterocycles. The van der Waals surface area contributed by atoms with Crippen molar-refractivity contribution < 1.29 is 27.5 Å². The third-order valence-corrected chi connectivity index (χ3v) is 8.99. The molecule has 278 valence electrons. The van der Waals surface area contributed by atoms with E-state index in [0.29, 0.717) is 73.3 Å². The van der Waals surface area contributed by atoms with Crippen molar-refractivity contribution in [2.24, 2.45) is 0 Å². The molecule has 1 amide bonds. The maximum atomic E-state index is 12.7. The summed E-state index contributed by atoms with van der Waals surface area (Å²) < 4.78 is 39.1. The molecule has 4 aromatic carbocycles. The van der Waals surface area contributed by atoms with E-state index in [1.54, 1.807) is 48.8 Å². The van der Waals surface area contributed by atoms with Crippen molar-refractivity contribution in [3.05, 3.63) is 143 Å². The predicted molar refractivity (Wildman–Crippen MR) is 212 cm³/mol. The number of benzene rings is 4. The molecule has 54 heavy (non-hydrogen) atoms. The van der Waals surface area contributed by atoms with Gasteiger partial charge in [0.15, 0.2) is 5.69 Å². The maximum absolute atomic E-state index is 12.7. The fourth-order valence-corrected chi connectivity index (χ4v) is 6.39. The van der Waals surface area contributed by atoms with Gasteiger partial charge in [0, 0.05) is 50.1 Å². The topological polar surface area (TPSA) is 131 Å². The number of amides is 1. The summed E-state index contributed by atoms with van der Waals surface area (Å²) in [6, 6.07) is 29.5. The van der Waals surface area contributed by atoms with Crippen LogP contribution in [0.3, 0.4) is 0 Å². The number of rotatable bonds is 18. The van der Waals surface area contributed by atoms with Crippen LogP contribution in [0.25, 0.3) is 4.85 Å². The van der Waals surface area contributed by atoms with Crippen molar-refractivity contribution in [3.8, 4) is 17.2 Å². The molecular formula is C42H43N5O6S. The fraction of sp³-hybridized carbons (Fsp3) is 0.238. The number of nitrogens with one attached hydrogen (secondary N) is 2. The van der Waals surface area contributed by atoms with Gasteiger partial charge in [0.25, 0.3) is 0 Å².